The van der Waals surface area contributed by atoms with Crippen molar-refractivity contribution in [3.05, 3.63) is 82.2 Å². The van der Waals surface area contributed by atoms with Gasteiger partial charge in [-0.25, -0.2) is 9.59 Å². The Morgan fingerprint density at radius 1 is 0.880 bits per heavy atom. The molecule has 0 fully saturated rings. The Hall–Kier alpha value is -4.64. The lowest BCUT2D eigenvalue weighted by molar-refractivity contribution is -0.181. The zero-order valence-electron chi connectivity index (χ0n) is 28.3. The lowest BCUT2D eigenvalue weighted by atomic mass is 10.0. The minimum Gasteiger partial charge on any atom is -0.496 e. The summed E-state index contributed by atoms with van der Waals surface area (Å²) in [5.74, 6) is -0.906. The van der Waals surface area contributed by atoms with Crippen LogP contribution in [0.25, 0.3) is 11.0 Å². The first-order valence-corrected chi connectivity index (χ1v) is 15.6. The number of hydrogen-bond acceptors (Lipinski definition) is 15. The molecule has 1 atom stereocenters. The SMILES string of the molecule is C=CC(=O)OC(C)OC(=O)CCc1ccc(C(=O)c2cc3c(OC)cc(OC)cc3oc2=O)cc1.OCCOCC(COCCO)OCCO. The average molecular weight is 705 g/mol. The maximum absolute atomic E-state index is 13.0. The van der Waals surface area contributed by atoms with Crippen LogP contribution in [0, 0.1) is 0 Å². The largest absolute Gasteiger partial charge is 0.496 e. The van der Waals surface area contributed by atoms with E-state index in [1.54, 1.807) is 30.3 Å². The predicted molar refractivity (Wildman–Crippen MR) is 178 cm³/mol. The Morgan fingerprint density at radius 3 is 2.08 bits per heavy atom. The van der Waals surface area contributed by atoms with Gasteiger partial charge < -0.3 is 52.9 Å². The van der Waals surface area contributed by atoms with Gasteiger partial charge in [-0.3, -0.25) is 9.59 Å². The van der Waals surface area contributed by atoms with Crippen molar-refractivity contribution in [1.82, 2.24) is 0 Å². The fraction of sp³-hybridized carbons (Fsp3) is 0.429. The number of ether oxygens (including phenoxy) is 7. The van der Waals surface area contributed by atoms with Gasteiger partial charge in [0.15, 0.2) is 5.78 Å². The van der Waals surface area contributed by atoms with Crippen LogP contribution in [-0.2, 0) is 39.7 Å². The summed E-state index contributed by atoms with van der Waals surface area (Å²) in [5.41, 5.74) is 0.365. The van der Waals surface area contributed by atoms with Crippen LogP contribution in [0.3, 0.4) is 0 Å². The van der Waals surface area contributed by atoms with Crippen LogP contribution in [0.2, 0.25) is 0 Å². The molecule has 0 aliphatic rings. The molecule has 274 valence electrons. The van der Waals surface area contributed by atoms with Gasteiger partial charge in [-0.2, -0.15) is 0 Å². The summed E-state index contributed by atoms with van der Waals surface area (Å²) >= 11 is 0. The van der Waals surface area contributed by atoms with E-state index in [-0.39, 0.29) is 68.9 Å². The Bertz CT molecular complexity index is 1550. The van der Waals surface area contributed by atoms with Gasteiger partial charge in [-0.15, -0.1) is 0 Å². The minimum atomic E-state index is -1.03. The van der Waals surface area contributed by atoms with Crippen LogP contribution >= 0.6 is 0 Å². The number of aryl methyl sites for hydroxylation is 1. The summed E-state index contributed by atoms with van der Waals surface area (Å²) in [6.45, 7) is 5.87. The molecule has 0 radical (unpaired) electrons. The molecule has 0 spiro atoms. The van der Waals surface area contributed by atoms with Crippen LogP contribution in [0.15, 0.2) is 64.3 Å². The molecule has 0 bridgehead atoms. The molecular weight excluding hydrogens is 660 g/mol. The second kappa shape index (κ2) is 22.9. The average Bonchev–Trinajstić information content (AvgIpc) is 3.12. The van der Waals surface area contributed by atoms with Gasteiger partial charge in [0.2, 0.25) is 6.29 Å². The Labute approximate surface area is 288 Å². The van der Waals surface area contributed by atoms with Crippen LogP contribution in [-0.4, -0.2) is 113 Å². The van der Waals surface area contributed by atoms with E-state index in [0.717, 1.165) is 11.6 Å². The first-order chi connectivity index (χ1) is 24.1. The molecule has 2 aromatic carbocycles. The number of methoxy groups -OCH3 is 2. The molecule has 3 N–H and O–H groups in total. The Morgan fingerprint density at radius 2 is 1.52 bits per heavy atom. The minimum absolute atomic E-state index is 0.0375. The lowest BCUT2D eigenvalue weighted by Gasteiger charge is -2.17. The molecule has 3 aromatic rings. The monoisotopic (exact) mass is 704 g/mol. The number of fused-ring (bicyclic) bond motifs is 1. The normalized spacial score (nSPS) is 11.3. The third-order valence-corrected chi connectivity index (χ3v) is 6.59. The van der Waals surface area contributed by atoms with Crippen molar-refractivity contribution >= 4 is 28.7 Å². The first-order valence-electron chi connectivity index (χ1n) is 15.6. The number of esters is 2. The number of carbonyl (C=O) groups is 3. The van der Waals surface area contributed by atoms with Crippen molar-refractivity contribution in [3.8, 4) is 11.5 Å². The molecule has 15 heteroatoms. The smallest absolute Gasteiger partial charge is 0.347 e. The number of ketones is 1. The Balaban J connectivity index is 0.000000487. The molecular formula is C35H44O15. The van der Waals surface area contributed by atoms with E-state index in [9.17, 15) is 19.2 Å². The van der Waals surface area contributed by atoms with Gasteiger partial charge in [-0.1, -0.05) is 30.8 Å². The number of aliphatic hydroxyl groups excluding tert-OH is 3. The van der Waals surface area contributed by atoms with E-state index < -0.39 is 29.6 Å². The second-order valence-corrected chi connectivity index (χ2v) is 10.2. The maximum Gasteiger partial charge on any atom is 0.347 e. The molecule has 15 nitrogen and oxygen atoms in total. The van der Waals surface area contributed by atoms with E-state index in [1.165, 1.54) is 33.3 Å². The highest BCUT2D eigenvalue weighted by Gasteiger charge is 2.19. The second-order valence-electron chi connectivity index (χ2n) is 10.2. The molecule has 0 saturated carbocycles. The molecule has 0 aliphatic heterocycles. The van der Waals surface area contributed by atoms with Crippen molar-refractivity contribution in [3.63, 3.8) is 0 Å². The van der Waals surface area contributed by atoms with E-state index in [0.29, 0.717) is 36.5 Å². The topological polar surface area (TPSA) is 207 Å². The highest BCUT2D eigenvalue weighted by molar-refractivity contribution is 6.10. The van der Waals surface area contributed by atoms with Crippen LogP contribution in [0.4, 0.5) is 0 Å². The van der Waals surface area contributed by atoms with E-state index in [4.69, 9.17) is 52.9 Å². The fourth-order valence-electron chi connectivity index (χ4n) is 4.23. The van der Waals surface area contributed by atoms with Gasteiger partial charge in [0.25, 0.3) is 0 Å². The van der Waals surface area contributed by atoms with Gasteiger partial charge in [0, 0.05) is 37.1 Å². The Kier molecular flexibility index (Phi) is 19.0. The van der Waals surface area contributed by atoms with Crippen LogP contribution < -0.4 is 15.1 Å². The summed E-state index contributed by atoms with van der Waals surface area (Å²) in [6, 6.07) is 11.1. The molecule has 0 saturated heterocycles. The van der Waals surface area contributed by atoms with E-state index in [2.05, 4.69) is 6.58 Å². The van der Waals surface area contributed by atoms with Crippen molar-refractivity contribution < 1.29 is 67.3 Å². The molecule has 0 aliphatic carbocycles. The first kappa shape index (κ1) is 41.5. The fourth-order valence-corrected chi connectivity index (χ4v) is 4.23. The third kappa shape index (κ3) is 14.1. The number of benzene rings is 2. The zero-order valence-corrected chi connectivity index (χ0v) is 28.3. The van der Waals surface area contributed by atoms with Gasteiger partial charge in [0.1, 0.15) is 28.7 Å². The quantitative estimate of drug-likeness (QED) is 0.0362. The van der Waals surface area contributed by atoms with Crippen molar-refractivity contribution in [2.45, 2.75) is 32.2 Å². The molecule has 50 heavy (non-hydrogen) atoms. The standard InChI is InChI=1S/C26H24O9.C9H20O6/c1-5-23(27)33-15(2)34-24(28)11-8-16-6-9-17(10-7-16)25(29)20-14-19-21(32-4)12-18(31-3)13-22(19)35-26(20)30;10-1-4-13-7-9(15-6-3-12)8-14-5-2-11/h5-7,9-10,12-15H,1,8,11H2,2-4H3;9-12H,1-8H2. The molecule has 3 rings (SSSR count). The van der Waals surface area contributed by atoms with Gasteiger partial charge in [0.05, 0.1) is 72.5 Å². The number of hydrogen-bond donors (Lipinski definition) is 3. The lowest BCUT2D eigenvalue weighted by Crippen LogP contribution is -2.28. The number of aliphatic hydroxyl groups is 3. The third-order valence-electron chi connectivity index (χ3n) is 6.59. The van der Waals surface area contributed by atoms with Crippen LogP contribution in [0.1, 0.15) is 34.8 Å². The number of carbonyl (C=O) groups excluding carboxylic acids is 3. The van der Waals surface area contributed by atoms with Crippen molar-refractivity contribution in [1.29, 1.82) is 0 Å². The van der Waals surface area contributed by atoms with Crippen molar-refractivity contribution in [2.24, 2.45) is 0 Å². The van der Waals surface area contributed by atoms with Gasteiger partial charge in [-0.05, 0) is 18.1 Å². The van der Waals surface area contributed by atoms with Crippen molar-refractivity contribution in [2.75, 3.05) is 67.1 Å². The summed E-state index contributed by atoms with van der Waals surface area (Å²) in [6.07, 6.45) is 0.0485. The van der Waals surface area contributed by atoms with Gasteiger partial charge >= 0.3 is 17.6 Å². The molecule has 1 aromatic heterocycles. The number of rotatable bonds is 21. The zero-order chi connectivity index (χ0) is 36.9. The summed E-state index contributed by atoms with van der Waals surface area (Å²) in [4.78, 5) is 48.6. The summed E-state index contributed by atoms with van der Waals surface area (Å²) < 4.78 is 41.0. The molecule has 1 heterocycles. The summed E-state index contributed by atoms with van der Waals surface area (Å²) in [7, 11) is 2.94. The van der Waals surface area contributed by atoms with E-state index in [1.807, 2.05) is 0 Å². The van der Waals surface area contributed by atoms with E-state index >= 15 is 0 Å². The highest BCUT2D eigenvalue weighted by atomic mass is 16.7. The summed E-state index contributed by atoms with van der Waals surface area (Å²) in [5, 5.41) is 26.0. The predicted octanol–water partition coefficient (Wildman–Crippen LogP) is 1.97. The molecule has 0 amide bonds. The highest BCUT2D eigenvalue weighted by Crippen LogP contribution is 2.31. The maximum atomic E-state index is 13.0. The molecule has 1 unspecified atom stereocenters. The van der Waals surface area contributed by atoms with Crippen LogP contribution in [0.5, 0.6) is 11.5 Å².